The Morgan fingerprint density at radius 1 is 1.44 bits per heavy atom. The Kier molecular flexibility index (Phi) is 5.28. The molecule has 1 rings (SSSR count). The van der Waals surface area contributed by atoms with Gasteiger partial charge in [-0.15, -0.1) is 6.58 Å². The molecule has 0 N–H and O–H groups in total. The van der Waals surface area contributed by atoms with Gasteiger partial charge in [-0.3, -0.25) is 9.59 Å². The van der Waals surface area contributed by atoms with Gasteiger partial charge < -0.3 is 4.74 Å². The highest BCUT2D eigenvalue weighted by atomic mass is 79.9. The van der Waals surface area contributed by atoms with Crippen molar-refractivity contribution in [2.75, 3.05) is 0 Å². The number of halogens is 1. The zero-order chi connectivity index (χ0) is 13.7. The lowest BCUT2D eigenvalue weighted by Gasteiger charge is -2.13. The fourth-order valence-corrected chi connectivity index (χ4v) is 2.08. The van der Waals surface area contributed by atoms with Crippen molar-refractivity contribution in [3.05, 3.63) is 40.4 Å². The van der Waals surface area contributed by atoms with E-state index in [0.29, 0.717) is 24.2 Å². The minimum atomic E-state index is -0.441. The first-order chi connectivity index (χ1) is 8.51. The molecule has 0 amide bonds. The third kappa shape index (κ3) is 3.29. The molecule has 0 atom stereocenters. The van der Waals surface area contributed by atoms with Gasteiger partial charge in [0.05, 0.1) is 5.56 Å². The summed E-state index contributed by atoms with van der Waals surface area (Å²) in [4.78, 5) is 23.0. The molecule has 0 bridgehead atoms. The van der Waals surface area contributed by atoms with E-state index in [1.807, 2.05) is 0 Å². The number of hydrogen-bond acceptors (Lipinski definition) is 3. The van der Waals surface area contributed by atoms with E-state index in [9.17, 15) is 9.59 Å². The summed E-state index contributed by atoms with van der Waals surface area (Å²) in [5, 5.41) is 0. The molecule has 0 unspecified atom stereocenters. The summed E-state index contributed by atoms with van der Waals surface area (Å²) in [6.07, 6.45) is 2.59. The molecule has 0 aliphatic carbocycles. The second-order valence-corrected chi connectivity index (χ2v) is 4.62. The zero-order valence-electron chi connectivity index (χ0n) is 10.5. The van der Waals surface area contributed by atoms with Gasteiger partial charge in [0.1, 0.15) is 5.75 Å². The van der Waals surface area contributed by atoms with Crippen molar-refractivity contribution in [1.82, 2.24) is 0 Å². The van der Waals surface area contributed by atoms with E-state index < -0.39 is 5.97 Å². The molecule has 1 aromatic carbocycles. The first-order valence-corrected chi connectivity index (χ1v) is 6.44. The summed E-state index contributed by atoms with van der Waals surface area (Å²) in [6.45, 7) is 6.76. The van der Waals surface area contributed by atoms with Crippen LogP contribution in [0, 0.1) is 0 Å². The average Bonchev–Trinajstić information content (AvgIpc) is 2.32. The molecule has 0 radical (unpaired) electrons. The number of benzene rings is 1. The highest BCUT2D eigenvalue weighted by Crippen LogP contribution is 2.32. The third-order valence-electron chi connectivity index (χ3n) is 2.42. The van der Waals surface area contributed by atoms with E-state index in [-0.39, 0.29) is 5.78 Å². The van der Waals surface area contributed by atoms with Crippen LogP contribution >= 0.6 is 15.9 Å². The second kappa shape index (κ2) is 6.50. The van der Waals surface area contributed by atoms with Crippen molar-refractivity contribution in [2.24, 2.45) is 0 Å². The minimum Gasteiger partial charge on any atom is -0.426 e. The molecular formula is C14H15BrO3. The van der Waals surface area contributed by atoms with Crippen molar-refractivity contribution >= 4 is 27.7 Å². The van der Waals surface area contributed by atoms with Crippen LogP contribution in [-0.2, 0) is 11.2 Å². The summed E-state index contributed by atoms with van der Waals surface area (Å²) in [5.74, 6) is -0.156. The summed E-state index contributed by atoms with van der Waals surface area (Å²) in [7, 11) is 0. The quantitative estimate of drug-likeness (QED) is 0.360. The molecule has 0 saturated carbocycles. The van der Waals surface area contributed by atoms with E-state index >= 15 is 0 Å². The van der Waals surface area contributed by atoms with Crippen molar-refractivity contribution < 1.29 is 14.3 Å². The Hall–Kier alpha value is -1.42. The van der Waals surface area contributed by atoms with Crippen LogP contribution in [0.2, 0.25) is 0 Å². The van der Waals surface area contributed by atoms with Crippen LogP contribution in [-0.4, -0.2) is 11.8 Å². The van der Waals surface area contributed by atoms with Crippen LogP contribution in [0.15, 0.2) is 29.3 Å². The van der Waals surface area contributed by atoms with Gasteiger partial charge in [0.2, 0.25) is 0 Å². The SMILES string of the molecule is C=CCc1c(Br)ccc(C(=O)CC)c1OC(C)=O. The Bertz CT molecular complexity index is 492. The summed E-state index contributed by atoms with van der Waals surface area (Å²) in [5.41, 5.74) is 1.20. The molecule has 4 heteroatoms. The Balaban J connectivity index is 3.42. The number of carbonyl (C=O) groups is 2. The van der Waals surface area contributed by atoms with Gasteiger partial charge in [0.25, 0.3) is 0 Å². The number of ether oxygens (including phenoxy) is 1. The Morgan fingerprint density at radius 2 is 2.11 bits per heavy atom. The predicted molar refractivity (Wildman–Crippen MR) is 74.0 cm³/mol. The first kappa shape index (κ1) is 14.6. The van der Waals surface area contributed by atoms with Gasteiger partial charge in [0, 0.05) is 23.4 Å². The van der Waals surface area contributed by atoms with Gasteiger partial charge >= 0.3 is 5.97 Å². The lowest BCUT2D eigenvalue weighted by atomic mass is 10.0. The maximum Gasteiger partial charge on any atom is 0.308 e. The standard InChI is InChI=1S/C14H15BrO3/c1-4-6-10-12(15)8-7-11(13(17)5-2)14(10)18-9(3)16/h4,7-8H,1,5-6H2,2-3H3. The monoisotopic (exact) mass is 310 g/mol. The molecule has 3 nitrogen and oxygen atoms in total. The number of hydrogen-bond donors (Lipinski definition) is 0. The molecule has 96 valence electrons. The highest BCUT2D eigenvalue weighted by Gasteiger charge is 2.18. The van der Waals surface area contributed by atoms with Crippen LogP contribution in [0.5, 0.6) is 5.75 Å². The molecule has 1 aromatic rings. The minimum absolute atomic E-state index is 0.0518. The van der Waals surface area contributed by atoms with E-state index in [1.54, 1.807) is 25.1 Å². The molecule has 0 fully saturated rings. The van der Waals surface area contributed by atoms with Gasteiger partial charge in [-0.1, -0.05) is 28.9 Å². The summed E-state index contributed by atoms with van der Waals surface area (Å²) in [6, 6.07) is 3.45. The summed E-state index contributed by atoms with van der Waals surface area (Å²) >= 11 is 3.39. The molecule has 18 heavy (non-hydrogen) atoms. The lowest BCUT2D eigenvalue weighted by Crippen LogP contribution is -2.10. The van der Waals surface area contributed by atoms with E-state index in [1.165, 1.54) is 6.92 Å². The van der Waals surface area contributed by atoms with Crippen LogP contribution in [0.4, 0.5) is 0 Å². The number of rotatable bonds is 5. The van der Waals surface area contributed by atoms with Crippen molar-refractivity contribution in [3.63, 3.8) is 0 Å². The van der Waals surface area contributed by atoms with Crippen LogP contribution in [0.25, 0.3) is 0 Å². The van der Waals surface area contributed by atoms with Crippen LogP contribution in [0.3, 0.4) is 0 Å². The number of Topliss-reactive ketones (excluding diaryl/α,β-unsaturated/α-hetero) is 1. The predicted octanol–water partition coefficient (Wildman–Crippen LogP) is 3.70. The summed E-state index contributed by atoms with van der Waals surface area (Å²) < 4.78 is 5.99. The largest absolute Gasteiger partial charge is 0.426 e. The van der Waals surface area contributed by atoms with E-state index in [2.05, 4.69) is 22.5 Å². The molecule has 0 heterocycles. The fourth-order valence-electron chi connectivity index (χ4n) is 1.61. The number of carbonyl (C=O) groups excluding carboxylic acids is 2. The number of allylic oxidation sites excluding steroid dienone is 1. The fraction of sp³-hybridized carbons (Fsp3) is 0.286. The van der Waals surface area contributed by atoms with Gasteiger partial charge in [0.15, 0.2) is 5.78 Å². The molecule has 0 aliphatic rings. The van der Waals surface area contributed by atoms with Gasteiger partial charge in [-0.2, -0.15) is 0 Å². The second-order valence-electron chi connectivity index (χ2n) is 3.77. The first-order valence-electron chi connectivity index (χ1n) is 5.65. The third-order valence-corrected chi connectivity index (χ3v) is 3.16. The molecule has 0 aromatic heterocycles. The normalized spacial score (nSPS) is 9.94. The lowest BCUT2D eigenvalue weighted by molar-refractivity contribution is -0.131. The smallest absolute Gasteiger partial charge is 0.308 e. The van der Waals surface area contributed by atoms with Crippen molar-refractivity contribution in [3.8, 4) is 5.75 Å². The topological polar surface area (TPSA) is 43.4 Å². The van der Waals surface area contributed by atoms with Crippen molar-refractivity contribution in [2.45, 2.75) is 26.7 Å². The van der Waals surface area contributed by atoms with Crippen LogP contribution < -0.4 is 4.74 Å². The molecule has 0 saturated heterocycles. The zero-order valence-corrected chi connectivity index (χ0v) is 12.0. The van der Waals surface area contributed by atoms with Gasteiger partial charge in [-0.25, -0.2) is 0 Å². The number of esters is 1. The number of ketones is 1. The average molecular weight is 311 g/mol. The maximum atomic E-state index is 11.9. The Labute approximate surface area is 115 Å². The molecule has 0 spiro atoms. The molecular weight excluding hydrogens is 296 g/mol. The highest BCUT2D eigenvalue weighted by molar-refractivity contribution is 9.10. The maximum absolute atomic E-state index is 11.9. The van der Waals surface area contributed by atoms with Gasteiger partial charge in [-0.05, 0) is 18.6 Å². The van der Waals surface area contributed by atoms with Crippen LogP contribution in [0.1, 0.15) is 36.2 Å². The molecule has 0 aliphatic heterocycles. The van der Waals surface area contributed by atoms with E-state index in [4.69, 9.17) is 4.74 Å². The van der Waals surface area contributed by atoms with E-state index in [0.717, 1.165) is 10.0 Å². The Morgan fingerprint density at radius 3 is 2.61 bits per heavy atom. The van der Waals surface area contributed by atoms with Crippen molar-refractivity contribution in [1.29, 1.82) is 0 Å².